The van der Waals surface area contributed by atoms with Gasteiger partial charge in [-0.2, -0.15) is 0 Å². The minimum atomic E-state index is -0.818. The number of nitrogen functional groups attached to an aromatic ring is 1. The van der Waals surface area contributed by atoms with Crippen LogP contribution < -0.4 is 16.4 Å². The van der Waals surface area contributed by atoms with Crippen molar-refractivity contribution in [1.82, 2.24) is 20.5 Å². The van der Waals surface area contributed by atoms with E-state index < -0.39 is 12.1 Å². The number of fused-ring (bicyclic) bond motifs is 1. The predicted molar refractivity (Wildman–Crippen MR) is 121 cm³/mol. The highest BCUT2D eigenvalue weighted by atomic mass is 16.2. The summed E-state index contributed by atoms with van der Waals surface area (Å²) in [6.45, 7) is 0.813. The Kier molecular flexibility index (Phi) is 6.30. The van der Waals surface area contributed by atoms with Crippen LogP contribution in [0, 0.1) is 0 Å². The van der Waals surface area contributed by atoms with Crippen molar-refractivity contribution < 1.29 is 14.4 Å². The van der Waals surface area contributed by atoms with Gasteiger partial charge in [0.1, 0.15) is 17.9 Å². The number of carbonyl (C=O) groups is 3. The van der Waals surface area contributed by atoms with Crippen LogP contribution in [0.1, 0.15) is 30.0 Å². The molecule has 0 radical (unpaired) electrons. The van der Waals surface area contributed by atoms with E-state index in [4.69, 9.17) is 5.73 Å². The Bertz CT molecular complexity index is 1130. The highest BCUT2D eigenvalue weighted by molar-refractivity contribution is 5.92. The molecule has 0 spiro atoms. The molecule has 1 aromatic heterocycles. The van der Waals surface area contributed by atoms with Crippen molar-refractivity contribution in [3.63, 3.8) is 0 Å². The Morgan fingerprint density at radius 1 is 1.19 bits per heavy atom. The molecule has 3 aromatic rings. The van der Waals surface area contributed by atoms with E-state index in [1.54, 1.807) is 23.2 Å². The van der Waals surface area contributed by atoms with Gasteiger partial charge in [-0.3, -0.25) is 14.4 Å². The third kappa shape index (κ3) is 4.39. The van der Waals surface area contributed by atoms with E-state index in [0.717, 1.165) is 22.8 Å². The lowest BCUT2D eigenvalue weighted by Crippen LogP contribution is -2.49. The first-order chi connectivity index (χ1) is 15.6. The van der Waals surface area contributed by atoms with Crippen molar-refractivity contribution in [2.75, 3.05) is 12.3 Å². The van der Waals surface area contributed by atoms with Crippen molar-refractivity contribution in [1.29, 1.82) is 0 Å². The first-order valence-electron chi connectivity index (χ1n) is 10.5. The van der Waals surface area contributed by atoms with Crippen LogP contribution in [0.15, 0.2) is 60.8 Å². The molecular weight excluding hydrogens is 406 g/mol. The zero-order valence-electron chi connectivity index (χ0n) is 17.5. The Labute approximate surface area is 185 Å². The smallest absolute Gasteiger partial charge is 0.250 e. The summed E-state index contributed by atoms with van der Waals surface area (Å²) in [4.78, 5) is 42.9. The van der Waals surface area contributed by atoms with E-state index in [2.05, 4.69) is 15.6 Å². The van der Waals surface area contributed by atoms with Crippen LogP contribution in [0.4, 0.5) is 5.82 Å². The van der Waals surface area contributed by atoms with Crippen LogP contribution in [0.5, 0.6) is 0 Å². The van der Waals surface area contributed by atoms with E-state index in [9.17, 15) is 14.4 Å². The second-order valence-electron chi connectivity index (χ2n) is 7.79. The van der Waals surface area contributed by atoms with Gasteiger partial charge in [0.25, 0.3) is 0 Å². The Hall–Kier alpha value is -3.94. The van der Waals surface area contributed by atoms with E-state index in [1.807, 2.05) is 42.5 Å². The number of aromatic nitrogens is 1. The highest BCUT2D eigenvalue weighted by Gasteiger charge is 2.37. The number of amides is 3. The average Bonchev–Trinajstić information content (AvgIpc) is 3.31. The molecule has 2 aromatic carbocycles. The van der Waals surface area contributed by atoms with E-state index in [1.165, 1.54) is 0 Å². The number of rotatable bonds is 7. The summed E-state index contributed by atoms with van der Waals surface area (Å²) in [6.07, 6.45) is 3.48. The zero-order chi connectivity index (χ0) is 22.5. The van der Waals surface area contributed by atoms with Crippen LogP contribution in [0.3, 0.4) is 0 Å². The maximum absolute atomic E-state index is 13.2. The molecule has 8 heteroatoms. The molecule has 1 fully saturated rings. The molecule has 2 heterocycles. The fourth-order valence-electron chi connectivity index (χ4n) is 4.16. The summed E-state index contributed by atoms with van der Waals surface area (Å²) in [5.74, 6) is -0.0205. The molecule has 1 aliphatic heterocycles. The van der Waals surface area contributed by atoms with Gasteiger partial charge >= 0.3 is 0 Å². The number of nitrogens with one attached hydrogen (secondary N) is 2. The monoisotopic (exact) mass is 431 g/mol. The number of benzene rings is 2. The van der Waals surface area contributed by atoms with Gasteiger partial charge in [0.05, 0.1) is 0 Å². The minimum Gasteiger partial charge on any atom is -0.383 e. The Morgan fingerprint density at radius 2 is 2.00 bits per heavy atom. The van der Waals surface area contributed by atoms with Crippen LogP contribution in [0.25, 0.3) is 10.8 Å². The molecule has 0 bridgehead atoms. The summed E-state index contributed by atoms with van der Waals surface area (Å²) in [5.41, 5.74) is 7.51. The van der Waals surface area contributed by atoms with Crippen molar-refractivity contribution in [3.05, 3.63) is 71.9 Å². The fourth-order valence-corrected chi connectivity index (χ4v) is 4.16. The quantitative estimate of drug-likeness (QED) is 0.494. The molecule has 1 aliphatic rings. The zero-order valence-corrected chi connectivity index (χ0v) is 17.5. The molecule has 1 saturated heterocycles. The van der Waals surface area contributed by atoms with Crippen molar-refractivity contribution >= 4 is 34.8 Å². The van der Waals surface area contributed by atoms with Gasteiger partial charge in [-0.05, 0) is 41.5 Å². The minimum absolute atomic E-state index is 0.205. The maximum Gasteiger partial charge on any atom is 0.250 e. The van der Waals surface area contributed by atoms with E-state index in [0.29, 0.717) is 37.3 Å². The third-order valence-corrected chi connectivity index (χ3v) is 5.78. The molecule has 2 unspecified atom stereocenters. The SMILES string of the molecule is Nc1nccc2cc(CNC(=O)C3CCCN3C(=O)C(NC=O)c3ccccc3)ccc12. The topological polar surface area (TPSA) is 117 Å². The first-order valence-corrected chi connectivity index (χ1v) is 10.5. The molecule has 0 aliphatic carbocycles. The summed E-state index contributed by atoms with van der Waals surface area (Å²) in [7, 11) is 0. The number of carbonyl (C=O) groups excluding carboxylic acids is 3. The lowest BCUT2D eigenvalue weighted by atomic mass is 10.0. The van der Waals surface area contributed by atoms with E-state index >= 15 is 0 Å². The van der Waals surface area contributed by atoms with Crippen LogP contribution >= 0.6 is 0 Å². The van der Waals surface area contributed by atoms with E-state index in [-0.39, 0.29) is 11.8 Å². The number of nitrogens with two attached hydrogens (primary N) is 1. The number of hydrogen-bond donors (Lipinski definition) is 3. The van der Waals surface area contributed by atoms with Gasteiger partial charge in [0.15, 0.2) is 0 Å². The average molecular weight is 431 g/mol. The second kappa shape index (κ2) is 9.47. The van der Waals surface area contributed by atoms with Crippen LogP contribution in [0.2, 0.25) is 0 Å². The highest BCUT2D eigenvalue weighted by Crippen LogP contribution is 2.24. The summed E-state index contributed by atoms with van der Waals surface area (Å²) in [5, 5.41) is 7.36. The maximum atomic E-state index is 13.2. The molecule has 8 nitrogen and oxygen atoms in total. The summed E-state index contributed by atoms with van der Waals surface area (Å²) >= 11 is 0. The van der Waals surface area contributed by atoms with Gasteiger partial charge in [0, 0.05) is 24.7 Å². The van der Waals surface area contributed by atoms with Gasteiger partial charge in [-0.15, -0.1) is 0 Å². The molecule has 4 rings (SSSR count). The number of likely N-dealkylation sites (tertiary alicyclic amines) is 1. The predicted octanol–water partition coefficient (Wildman–Crippen LogP) is 1.91. The molecule has 2 atom stereocenters. The number of nitrogens with zero attached hydrogens (tertiary/aromatic N) is 2. The molecular formula is C24H25N5O3. The summed E-state index contributed by atoms with van der Waals surface area (Å²) in [6, 6.07) is 15.3. The second-order valence-corrected chi connectivity index (χ2v) is 7.79. The first kappa shape index (κ1) is 21.3. The largest absolute Gasteiger partial charge is 0.383 e. The van der Waals surface area contributed by atoms with Gasteiger partial charge in [-0.1, -0.05) is 42.5 Å². The van der Waals surface area contributed by atoms with Crippen LogP contribution in [-0.2, 0) is 20.9 Å². The van der Waals surface area contributed by atoms with Gasteiger partial charge < -0.3 is 21.3 Å². The lowest BCUT2D eigenvalue weighted by molar-refractivity contribution is -0.140. The third-order valence-electron chi connectivity index (χ3n) is 5.78. The van der Waals surface area contributed by atoms with Crippen molar-refractivity contribution in [2.24, 2.45) is 0 Å². The molecule has 32 heavy (non-hydrogen) atoms. The lowest BCUT2D eigenvalue weighted by Gasteiger charge is -2.28. The fraction of sp³-hybridized carbons (Fsp3) is 0.250. The molecule has 3 amide bonds. The number of hydrogen-bond acceptors (Lipinski definition) is 5. The van der Waals surface area contributed by atoms with Gasteiger partial charge in [-0.25, -0.2) is 4.98 Å². The normalized spacial score (nSPS) is 16.5. The Balaban J connectivity index is 1.45. The Morgan fingerprint density at radius 3 is 2.78 bits per heavy atom. The number of pyridine rings is 1. The standard InChI is InChI=1S/C24H25N5O3/c25-22-19-9-8-16(13-18(19)10-11-26-22)14-27-23(31)20-7-4-12-29(20)24(32)21(28-15-30)17-5-2-1-3-6-17/h1-3,5-6,8-11,13,15,20-21H,4,7,12,14H2,(H2,25,26)(H,27,31)(H,28,30). The van der Waals surface area contributed by atoms with Crippen molar-refractivity contribution in [2.45, 2.75) is 31.5 Å². The molecule has 0 saturated carbocycles. The molecule has 4 N–H and O–H groups in total. The van der Waals surface area contributed by atoms with Crippen molar-refractivity contribution in [3.8, 4) is 0 Å². The van der Waals surface area contributed by atoms with Crippen LogP contribution in [-0.4, -0.2) is 40.7 Å². The molecule has 164 valence electrons. The number of anilines is 1. The summed E-state index contributed by atoms with van der Waals surface area (Å²) < 4.78 is 0. The van der Waals surface area contributed by atoms with Gasteiger partial charge in [0.2, 0.25) is 18.2 Å².